The minimum atomic E-state index is 0.371. The first-order chi connectivity index (χ1) is 7.91. The Morgan fingerprint density at radius 1 is 0.882 bits per heavy atom. The highest BCUT2D eigenvalue weighted by atomic mass is 16.5. The van der Waals surface area contributed by atoms with Crippen LogP contribution in [0.15, 0.2) is 23.7 Å². The molecule has 0 aliphatic rings. The Kier molecular flexibility index (Phi) is 8.60. The van der Waals surface area contributed by atoms with Crippen LogP contribution in [0.4, 0.5) is 0 Å². The van der Waals surface area contributed by atoms with Crippen molar-refractivity contribution in [2.45, 2.75) is 40.5 Å². The fraction of sp³-hybridized carbons (Fsp3) is 0.714. The fourth-order valence-corrected chi connectivity index (χ4v) is 1.38. The van der Waals surface area contributed by atoms with E-state index in [1.807, 2.05) is 0 Å². The van der Waals surface area contributed by atoms with E-state index in [2.05, 4.69) is 27.7 Å². The molecule has 3 heteroatoms. The van der Waals surface area contributed by atoms with Crippen LogP contribution in [0, 0.1) is 11.8 Å². The van der Waals surface area contributed by atoms with E-state index in [1.54, 1.807) is 12.2 Å². The average molecular weight is 242 g/mol. The SMILES string of the molecule is CC(C)CC(O)=CCOCC=C(O)CC(C)C. The normalized spacial score (nSPS) is 13.8. The van der Waals surface area contributed by atoms with E-state index in [9.17, 15) is 10.2 Å². The largest absolute Gasteiger partial charge is 0.513 e. The molecule has 17 heavy (non-hydrogen) atoms. The molecule has 0 spiro atoms. The highest BCUT2D eigenvalue weighted by Gasteiger charge is 1.99. The summed E-state index contributed by atoms with van der Waals surface area (Å²) in [5.74, 6) is 1.63. The molecule has 0 fully saturated rings. The molecule has 100 valence electrons. The third kappa shape index (κ3) is 11.3. The van der Waals surface area contributed by atoms with E-state index >= 15 is 0 Å². The van der Waals surface area contributed by atoms with Crippen molar-refractivity contribution in [3.8, 4) is 0 Å². The van der Waals surface area contributed by atoms with Crippen LogP contribution in [-0.2, 0) is 4.74 Å². The van der Waals surface area contributed by atoms with Crippen molar-refractivity contribution in [3.05, 3.63) is 23.7 Å². The van der Waals surface area contributed by atoms with Crippen LogP contribution in [0.1, 0.15) is 40.5 Å². The summed E-state index contributed by atoms with van der Waals surface area (Å²) in [4.78, 5) is 0. The highest BCUT2D eigenvalue weighted by Crippen LogP contribution is 2.08. The first kappa shape index (κ1) is 16.0. The summed E-state index contributed by atoms with van der Waals surface area (Å²) >= 11 is 0. The summed E-state index contributed by atoms with van der Waals surface area (Å²) in [5.41, 5.74) is 0. The zero-order valence-electron chi connectivity index (χ0n) is 11.4. The Balaban J connectivity index is 3.70. The molecular formula is C14H26O3. The average Bonchev–Trinajstić information content (AvgIpc) is 2.14. The molecular weight excluding hydrogens is 216 g/mol. The van der Waals surface area contributed by atoms with Crippen LogP contribution in [0.25, 0.3) is 0 Å². The third-order valence-corrected chi connectivity index (χ3v) is 2.11. The van der Waals surface area contributed by atoms with Crippen LogP contribution in [-0.4, -0.2) is 23.4 Å². The van der Waals surface area contributed by atoms with Crippen molar-refractivity contribution in [2.75, 3.05) is 13.2 Å². The van der Waals surface area contributed by atoms with E-state index in [4.69, 9.17) is 4.74 Å². The van der Waals surface area contributed by atoms with Gasteiger partial charge >= 0.3 is 0 Å². The van der Waals surface area contributed by atoms with Gasteiger partial charge in [0.25, 0.3) is 0 Å². The second-order valence-electron chi connectivity index (χ2n) is 5.12. The Hall–Kier alpha value is -0.960. The molecule has 0 bridgehead atoms. The minimum Gasteiger partial charge on any atom is -0.513 e. The van der Waals surface area contributed by atoms with Crippen molar-refractivity contribution in [1.82, 2.24) is 0 Å². The summed E-state index contributed by atoms with van der Waals surface area (Å²) in [6, 6.07) is 0. The van der Waals surface area contributed by atoms with Gasteiger partial charge in [-0.05, 0) is 24.0 Å². The molecule has 0 aromatic rings. The molecule has 0 atom stereocenters. The number of hydrogen-bond donors (Lipinski definition) is 2. The molecule has 2 N–H and O–H groups in total. The molecule has 0 aromatic heterocycles. The Bertz CT molecular complexity index is 226. The molecule has 3 nitrogen and oxygen atoms in total. The maximum Gasteiger partial charge on any atom is 0.0908 e. The number of aliphatic hydroxyl groups is 2. The van der Waals surface area contributed by atoms with Crippen LogP contribution in [0.2, 0.25) is 0 Å². The lowest BCUT2D eigenvalue weighted by Crippen LogP contribution is -1.97. The highest BCUT2D eigenvalue weighted by molar-refractivity contribution is 4.93. The number of hydrogen-bond acceptors (Lipinski definition) is 3. The van der Waals surface area contributed by atoms with Gasteiger partial charge in [0.15, 0.2) is 0 Å². The van der Waals surface area contributed by atoms with E-state index in [0.717, 1.165) is 0 Å². The summed E-state index contributed by atoms with van der Waals surface area (Å²) < 4.78 is 5.27. The summed E-state index contributed by atoms with van der Waals surface area (Å²) in [6.07, 6.45) is 4.70. The maximum absolute atomic E-state index is 9.46. The molecule has 0 saturated heterocycles. The number of rotatable bonds is 8. The van der Waals surface area contributed by atoms with Crippen LogP contribution >= 0.6 is 0 Å². The topological polar surface area (TPSA) is 49.7 Å². The predicted octanol–water partition coefficient (Wildman–Crippen LogP) is 3.98. The summed E-state index contributed by atoms with van der Waals surface area (Å²) in [6.45, 7) is 8.97. The molecule has 0 radical (unpaired) electrons. The minimum absolute atomic E-state index is 0.371. The van der Waals surface area contributed by atoms with Gasteiger partial charge < -0.3 is 14.9 Å². The molecule has 0 aliphatic carbocycles. The molecule has 0 saturated carbocycles. The van der Waals surface area contributed by atoms with E-state index in [1.165, 1.54) is 0 Å². The second-order valence-corrected chi connectivity index (χ2v) is 5.12. The van der Waals surface area contributed by atoms with Crippen molar-refractivity contribution in [3.63, 3.8) is 0 Å². The van der Waals surface area contributed by atoms with Crippen LogP contribution in [0.3, 0.4) is 0 Å². The van der Waals surface area contributed by atoms with E-state index in [-0.39, 0.29) is 0 Å². The van der Waals surface area contributed by atoms with Crippen molar-refractivity contribution in [1.29, 1.82) is 0 Å². The summed E-state index contributed by atoms with van der Waals surface area (Å²) in [7, 11) is 0. The quantitative estimate of drug-likeness (QED) is 0.500. The Labute approximate surface area is 105 Å². The third-order valence-electron chi connectivity index (χ3n) is 2.11. The van der Waals surface area contributed by atoms with E-state index < -0.39 is 0 Å². The van der Waals surface area contributed by atoms with Gasteiger partial charge in [0.2, 0.25) is 0 Å². The maximum atomic E-state index is 9.46. The van der Waals surface area contributed by atoms with Gasteiger partial charge in [-0.15, -0.1) is 0 Å². The lowest BCUT2D eigenvalue weighted by Gasteiger charge is -2.04. The van der Waals surface area contributed by atoms with Crippen molar-refractivity contribution in [2.24, 2.45) is 11.8 Å². The zero-order chi connectivity index (χ0) is 13.3. The van der Waals surface area contributed by atoms with Gasteiger partial charge in [0, 0.05) is 12.8 Å². The molecule has 0 rings (SSSR count). The van der Waals surface area contributed by atoms with Gasteiger partial charge in [0.1, 0.15) is 0 Å². The van der Waals surface area contributed by atoms with Gasteiger partial charge in [0.05, 0.1) is 24.7 Å². The van der Waals surface area contributed by atoms with E-state index in [0.29, 0.717) is 49.4 Å². The molecule has 0 heterocycles. The number of ether oxygens (including phenoxy) is 1. The smallest absolute Gasteiger partial charge is 0.0908 e. The van der Waals surface area contributed by atoms with Crippen molar-refractivity contribution >= 4 is 0 Å². The lowest BCUT2D eigenvalue weighted by atomic mass is 10.1. The Morgan fingerprint density at radius 2 is 1.24 bits per heavy atom. The standard InChI is InChI=1S/C14H26O3/c1-11(2)9-13(15)5-7-17-8-6-14(16)10-12(3)4/h5-6,11-12,15-16H,7-10H2,1-4H3. The predicted molar refractivity (Wildman–Crippen MR) is 71.2 cm³/mol. The zero-order valence-corrected chi connectivity index (χ0v) is 11.4. The number of aliphatic hydroxyl groups excluding tert-OH is 2. The van der Waals surface area contributed by atoms with Gasteiger partial charge in [-0.3, -0.25) is 0 Å². The first-order valence-electron chi connectivity index (χ1n) is 6.25. The van der Waals surface area contributed by atoms with Gasteiger partial charge in [-0.1, -0.05) is 27.7 Å². The first-order valence-corrected chi connectivity index (χ1v) is 6.25. The van der Waals surface area contributed by atoms with Crippen LogP contribution in [0.5, 0.6) is 0 Å². The monoisotopic (exact) mass is 242 g/mol. The number of allylic oxidation sites excluding steroid dienone is 2. The lowest BCUT2D eigenvalue weighted by molar-refractivity contribution is 0.186. The van der Waals surface area contributed by atoms with Crippen molar-refractivity contribution < 1.29 is 14.9 Å². The van der Waals surface area contributed by atoms with Gasteiger partial charge in [-0.25, -0.2) is 0 Å². The fourth-order valence-electron chi connectivity index (χ4n) is 1.38. The molecule has 0 unspecified atom stereocenters. The molecule has 0 aromatic carbocycles. The molecule has 0 amide bonds. The van der Waals surface area contributed by atoms with Crippen LogP contribution < -0.4 is 0 Å². The second kappa shape index (κ2) is 9.11. The summed E-state index contributed by atoms with van der Waals surface area (Å²) in [5, 5.41) is 18.9. The molecule has 0 aliphatic heterocycles. The Morgan fingerprint density at radius 3 is 1.53 bits per heavy atom. The van der Waals surface area contributed by atoms with Gasteiger partial charge in [-0.2, -0.15) is 0 Å².